The van der Waals surface area contributed by atoms with Gasteiger partial charge in [0, 0.05) is 25.1 Å². The lowest BCUT2D eigenvalue weighted by molar-refractivity contribution is -0.119. The molecule has 0 radical (unpaired) electrons. The van der Waals surface area contributed by atoms with Crippen molar-refractivity contribution in [3.05, 3.63) is 60.4 Å². The lowest BCUT2D eigenvalue weighted by Gasteiger charge is -2.21. The van der Waals surface area contributed by atoms with Gasteiger partial charge in [-0.1, -0.05) is 30.3 Å². The van der Waals surface area contributed by atoms with E-state index in [1.54, 1.807) is 36.5 Å². The van der Waals surface area contributed by atoms with Crippen molar-refractivity contribution in [2.75, 3.05) is 11.9 Å². The Kier molecular flexibility index (Phi) is 3.69. The van der Waals surface area contributed by atoms with Crippen LogP contribution in [0.25, 0.3) is 0 Å². The Morgan fingerprint density at radius 1 is 1.17 bits per heavy atom. The van der Waals surface area contributed by atoms with Crippen LogP contribution in [0.1, 0.15) is 11.6 Å². The van der Waals surface area contributed by atoms with Crippen LogP contribution in [-0.2, 0) is 4.79 Å². The predicted molar refractivity (Wildman–Crippen MR) is 71.0 cm³/mol. The largest absolute Gasteiger partial charge is 0.316 e. The molecule has 0 aliphatic heterocycles. The van der Waals surface area contributed by atoms with E-state index in [-0.39, 0.29) is 5.91 Å². The molecule has 1 aromatic heterocycles. The van der Waals surface area contributed by atoms with E-state index in [2.05, 4.69) is 4.98 Å². The summed E-state index contributed by atoms with van der Waals surface area (Å²) in [5.74, 6) is -0.146. The quantitative estimate of drug-likeness (QED) is 0.890. The monoisotopic (exact) mass is 241 g/mol. The van der Waals surface area contributed by atoms with Crippen molar-refractivity contribution >= 4 is 11.6 Å². The fourth-order valence-electron chi connectivity index (χ4n) is 1.71. The number of pyridine rings is 1. The second-order valence-corrected chi connectivity index (χ2v) is 3.99. The highest BCUT2D eigenvalue weighted by Gasteiger charge is 2.20. The molecule has 4 heteroatoms. The van der Waals surface area contributed by atoms with Crippen molar-refractivity contribution in [3.8, 4) is 0 Å². The standard InChI is InChI=1S/C14H15N3O/c1-17(12-7-9-16-10-8-12)14(18)13(15)11-5-3-2-4-6-11/h2-10,13H,15H2,1H3/t13-/m0/s1. The Labute approximate surface area is 106 Å². The van der Waals surface area contributed by atoms with E-state index in [0.717, 1.165) is 11.3 Å². The number of carbonyl (C=O) groups is 1. The molecule has 1 atom stereocenters. The van der Waals surface area contributed by atoms with Gasteiger partial charge < -0.3 is 10.6 Å². The molecule has 2 aromatic rings. The number of nitrogens with zero attached hydrogens (tertiary/aromatic N) is 2. The van der Waals surface area contributed by atoms with E-state index in [9.17, 15) is 4.79 Å². The minimum atomic E-state index is -0.649. The molecule has 1 aromatic carbocycles. The summed E-state index contributed by atoms with van der Waals surface area (Å²) in [4.78, 5) is 17.7. The van der Waals surface area contributed by atoms with Gasteiger partial charge in [-0.3, -0.25) is 9.78 Å². The zero-order valence-corrected chi connectivity index (χ0v) is 10.2. The number of anilines is 1. The van der Waals surface area contributed by atoms with Gasteiger partial charge in [0.15, 0.2) is 0 Å². The highest BCUT2D eigenvalue weighted by Crippen LogP contribution is 2.17. The van der Waals surface area contributed by atoms with Gasteiger partial charge in [0.2, 0.25) is 5.91 Å². The van der Waals surface area contributed by atoms with Crippen LogP contribution in [-0.4, -0.2) is 17.9 Å². The molecule has 0 bridgehead atoms. The van der Waals surface area contributed by atoms with Crippen LogP contribution in [0.2, 0.25) is 0 Å². The third-order valence-electron chi connectivity index (χ3n) is 2.81. The summed E-state index contributed by atoms with van der Waals surface area (Å²) in [6.07, 6.45) is 3.29. The first-order valence-corrected chi connectivity index (χ1v) is 5.68. The Morgan fingerprint density at radius 2 is 1.78 bits per heavy atom. The normalized spacial score (nSPS) is 11.9. The van der Waals surface area contributed by atoms with Crippen LogP contribution in [0.15, 0.2) is 54.9 Å². The second-order valence-electron chi connectivity index (χ2n) is 3.99. The van der Waals surface area contributed by atoms with Gasteiger partial charge in [0.05, 0.1) is 0 Å². The average Bonchev–Trinajstić information content (AvgIpc) is 2.47. The van der Waals surface area contributed by atoms with Gasteiger partial charge in [-0.2, -0.15) is 0 Å². The number of amides is 1. The lowest BCUT2D eigenvalue weighted by Crippen LogP contribution is -2.35. The smallest absolute Gasteiger partial charge is 0.248 e. The Bertz CT molecular complexity index is 466. The fraction of sp³-hybridized carbons (Fsp3) is 0.143. The SMILES string of the molecule is CN(C(=O)[C@@H](N)c1ccccc1)c1ccncc1. The van der Waals surface area contributed by atoms with Crippen LogP contribution in [0.4, 0.5) is 5.69 Å². The summed E-state index contributed by atoms with van der Waals surface area (Å²) < 4.78 is 0. The molecule has 92 valence electrons. The number of rotatable bonds is 3. The van der Waals surface area contributed by atoms with Gasteiger partial charge in [0.25, 0.3) is 0 Å². The van der Waals surface area contributed by atoms with E-state index >= 15 is 0 Å². The highest BCUT2D eigenvalue weighted by molar-refractivity contribution is 5.97. The number of likely N-dealkylation sites (N-methyl/N-ethyl adjacent to an activating group) is 1. The maximum atomic E-state index is 12.2. The topological polar surface area (TPSA) is 59.2 Å². The number of carbonyl (C=O) groups excluding carboxylic acids is 1. The third-order valence-corrected chi connectivity index (χ3v) is 2.81. The summed E-state index contributed by atoms with van der Waals surface area (Å²) in [5, 5.41) is 0. The van der Waals surface area contributed by atoms with Gasteiger partial charge in [-0.15, -0.1) is 0 Å². The van der Waals surface area contributed by atoms with Crippen molar-refractivity contribution < 1.29 is 4.79 Å². The molecule has 0 aliphatic carbocycles. The molecular weight excluding hydrogens is 226 g/mol. The summed E-state index contributed by atoms with van der Waals surface area (Å²) in [6, 6.07) is 12.2. The second kappa shape index (κ2) is 5.42. The third kappa shape index (κ3) is 2.55. The van der Waals surface area contributed by atoms with Gasteiger partial charge in [-0.05, 0) is 17.7 Å². The maximum absolute atomic E-state index is 12.2. The van der Waals surface area contributed by atoms with Gasteiger partial charge in [0.1, 0.15) is 6.04 Å². The van der Waals surface area contributed by atoms with Crippen LogP contribution < -0.4 is 10.6 Å². The van der Waals surface area contributed by atoms with E-state index < -0.39 is 6.04 Å². The highest BCUT2D eigenvalue weighted by atomic mass is 16.2. The molecule has 4 nitrogen and oxygen atoms in total. The van der Waals surface area contributed by atoms with Crippen molar-refractivity contribution in [1.82, 2.24) is 4.98 Å². The Morgan fingerprint density at radius 3 is 2.39 bits per heavy atom. The van der Waals surface area contributed by atoms with Crippen LogP contribution in [0, 0.1) is 0 Å². The molecule has 0 spiro atoms. The summed E-state index contributed by atoms with van der Waals surface area (Å²) in [6.45, 7) is 0. The van der Waals surface area contributed by atoms with E-state index in [1.807, 2.05) is 30.3 Å². The van der Waals surface area contributed by atoms with E-state index in [4.69, 9.17) is 5.73 Å². The van der Waals surface area contributed by atoms with E-state index in [0.29, 0.717) is 0 Å². The number of hydrogen-bond donors (Lipinski definition) is 1. The van der Waals surface area contributed by atoms with E-state index in [1.165, 1.54) is 0 Å². The molecule has 0 fully saturated rings. The van der Waals surface area contributed by atoms with Crippen molar-refractivity contribution in [3.63, 3.8) is 0 Å². The molecule has 0 saturated heterocycles. The van der Waals surface area contributed by atoms with Crippen molar-refractivity contribution in [1.29, 1.82) is 0 Å². The molecule has 18 heavy (non-hydrogen) atoms. The van der Waals surface area contributed by atoms with Crippen LogP contribution in [0.3, 0.4) is 0 Å². The molecule has 1 heterocycles. The first-order chi connectivity index (χ1) is 8.70. The number of nitrogens with two attached hydrogens (primary N) is 1. The number of hydrogen-bond acceptors (Lipinski definition) is 3. The fourth-order valence-corrected chi connectivity index (χ4v) is 1.71. The first-order valence-electron chi connectivity index (χ1n) is 5.68. The van der Waals surface area contributed by atoms with Crippen LogP contribution >= 0.6 is 0 Å². The minimum absolute atomic E-state index is 0.146. The molecule has 2 rings (SSSR count). The number of benzene rings is 1. The molecule has 0 aliphatic rings. The Balaban J connectivity index is 2.17. The predicted octanol–water partition coefficient (Wildman–Crippen LogP) is 1.74. The number of aromatic nitrogens is 1. The molecule has 0 unspecified atom stereocenters. The summed E-state index contributed by atoms with van der Waals surface area (Å²) in [5.41, 5.74) is 7.56. The first kappa shape index (κ1) is 12.3. The van der Waals surface area contributed by atoms with Crippen molar-refractivity contribution in [2.24, 2.45) is 5.73 Å². The minimum Gasteiger partial charge on any atom is -0.316 e. The summed E-state index contributed by atoms with van der Waals surface area (Å²) >= 11 is 0. The average molecular weight is 241 g/mol. The van der Waals surface area contributed by atoms with Gasteiger partial charge >= 0.3 is 0 Å². The zero-order chi connectivity index (χ0) is 13.0. The van der Waals surface area contributed by atoms with Crippen molar-refractivity contribution in [2.45, 2.75) is 6.04 Å². The molecule has 0 saturated carbocycles. The lowest BCUT2D eigenvalue weighted by atomic mass is 10.1. The Hall–Kier alpha value is -2.20. The van der Waals surface area contributed by atoms with Gasteiger partial charge in [-0.25, -0.2) is 0 Å². The zero-order valence-electron chi connectivity index (χ0n) is 10.2. The maximum Gasteiger partial charge on any atom is 0.248 e. The molecule has 2 N–H and O–H groups in total. The summed E-state index contributed by atoms with van der Waals surface area (Å²) in [7, 11) is 1.71. The van der Waals surface area contributed by atoms with Crippen LogP contribution in [0.5, 0.6) is 0 Å². The molecule has 1 amide bonds. The molecular formula is C14H15N3O.